The molecule has 0 aliphatic carbocycles. The maximum atomic E-state index is 13.0. The smallest absolute Gasteiger partial charge is 0.141 e. The summed E-state index contributed by atoms with van der Waals surface area (Å²) in [5.41, 5.74) is 0.526. The summed E-state index contributed by atoms with van der Waals surface area (Å²) in [4.78, 5) is 0.742. The molecule has 0 saturated heterocycles. The Kier molecular flexibility index (Phi) is 4.19. The van der Waals surface area contributed by atoms with Crippen LogP contribution >= 0.6 is 23.4 Å². The fraction of sp³-hybridized carbons (Fsp3) is 0.0769. The van der Waals surface area contributed by atoms with Crippen LogP contribution in [0.1, 0.15) is 5.56 Å². The van der Waals surface area contributed by atoms with Gasteiger partial charge in [0.25, 0.3) is 0 Å². The van der Waals surface area contributed by atoms with E-state index < -0.39 is 17.5 Å². The second kappa shape index (κ2) is 5.67. The molecule has 0 atom stereocenters. The molecule has 0 aliphatic heterocycles. The predicted octanol–water partition coefficient (Wildman–Crippen LogP) is 5.05. The second-order valence-electron chi connectivity index (χ2n) is 3.64. The van der Waals surface area contributed by atoms with Gasteiger partial charge >= 0.3 is 0 Å². The first-order valence-electron chi connectivity index (χ1n) is 5.07. The standard InChI is InChI=1S/C13H8ClF3S/c14-12-6-11(1-2-13(12)17)18-7-8-3-9(15)5-10(16)4-8/h1-6H,7H2. The Bertz CT molecular complexity index is 552. The molecule has 0 radical (unpaired) electrons. The van der Waals surface area contributed by atoms with Gasteiger partial charge in [0.05, 0.1) is 5.02 Å². The highest BCUT2D eigenvalue weighted by atomic mass is 35.5. The zero-order valence-corrected chi connectivity index (χ0v) is 10.7. The molecular formula is C13H8ClF3S. The topological polar surface area (TPSA) is 0 Å². The molecule has 0 nitrogen and oxygen atoms in total. The third kappa shape index (κ3) is 3.43. The van der Waals surface area contributed by atoms with Gasteiger partial charge in [-0.1, -0.05) is 11.6 Å². The van der Waals surface area contributed by atoms with E-state index in [-0.39, 0.29) is 5.02 Å². The molecule has 0 N–H and O–H groups in total. The summed E-state index contributed by atoms with van der Waals surface area (Å²) < 4.78 is 38.8. The zero-order valence-electron chi connectivity index (χ0n) is 9.09. The molecule has 0 unspecified atom stereocenters. The van der Waals surface area contributed by atoms with Crippen molar-refractivity contribution in [1.82, 2.24) is 0 Å². The van der Waals surface area contributed by atoms with Crippen LogP contribution in [0.3, 0.4) is 0 Å². The van der Waals surface area contributed by atoms with Gasteiger partial charge in [-0.3, -0.25) is 0 Å². The van der Waals surface area contributed by atoms with Crippen molar-refractivity contribution in [1.29, 1.82) is 0 Å². The monoisotopic (exact) mass is 288 g/mol. The van der Waals surface area contributed by atoms with Crippen LogP contribution in [0.25, 0.3) is 0 Å². The van der Waals surface area contributed by atoms with Gasteiger partial charge in [0.2, 0.25) is 0 Å². The van der Waals surface area contributed by atoms with E-state index in [2.05, 4.69) is 0 Å². The van der Waals surface area contributed by atoms with Gasteiger partial charge in [-0.2, -0.15) is 0 Å². The first-order chi connectivity index (χ1) is 8.54. The van der Waals surface area contributed by atoms with Crippen molar-refractivity contribution in [3.63, 3.8) is 0 Å². The number of rotatable bonds is 3. The van der Waals surface area contributed by atoms with Crippen LogP contribution in [0.4, 0.5) is 13.2 Å². The maximum absolute atomic E-state index is 13.0. The second-order valence-corrected chi connectivity index (χ2v) is 5.10. The molecule has 0 aliphatic rings. The average Bonchev–Trinajstić information content (AvgIpc) is 2.29. The number of benzene rings is 2. The van der Waals surface area contributed by atoms with Crippen LogP contribution in [0.15, 0.2) is 41.3 Å². The number of hydrogen-bond donors (Lipinski definition) is 0. The Morgan fingerprint density at radius 2 is 1.61 bits per heavy atom. The van der Waals surface area contributed by atoms with Gasteiger partial charge < -0.3 is 0 Å². The lowest BCUT2D eigenvalue weighted by Crippen LogP contribution is -1.87. The molecule has 0 fully saturated rings. The third-order valence-electron chi connectivity index (χ3n) is 2.22. The highest BCUT2D eigenvalue weighted by Gasteiger charge is 2.04. The maximum Gasteiger partial charge on any atom is 0.141 e. The minimum Gasteiger partial charge on any atom is -0.207 e. The fourth-order valence-electron chi connectivity index (χ4n) is 1.43. The summed E-state index contributed by atoms with van der Waals surface area (Å²) in [6.45, 7) is 0. The molecule has 2 aromatic rings. The van der Waals surface area contributed by atoms with Crippen LogP contribution in [0.5, 0.6) is 0 Å². The van der Waals surface area contributed by atoms with Crippen molar-refractivity contribution in [2.24, 2.45) is 0 Å². The Hall–Kier alpha value is -1.13. The summed E-state index contributed by atoms with van der Waals surface area (Å²) in [7, 11) is 0. The van der Waals surface area contributed by atoms with Crippen molar-refractivity contribution in [2.45, 2.75) is 10.6 Å². The van der Waals surface area contributed by atoms with Crippen molar-refractivity contribution < 1.29 is 13.2 Å². The minimum absolute atomic E-state index is 0.0328. The lowest BCUT2D eigenvalue weighted by molar-refractivity contribution is 0.581. The highest BCUT2D eigenvalue weighted by molar-refractivity contribution is 7.98. The van der Waals surface area contributed by atoms with E-state index in [1.807, 2.05) is 0 Å². The SMILES string of the molecule is Fc1cc(F)cc(CSc2ccc(F)c(Cl)c2)c1. The highest BCUT2D eigenvalue weighted by Crippen LogP contribution is 2.27. The summed E-state index contributed by atoms with van der Waals surface area (Å²) in [5.74, 6) is -1.32. The van der Waals surface area contributed by atoms with E-state index in [1.165, 1.54) is 36.0 Å². The van der Waals surface area contributed by atoms with Crippen LogP contribution in [-0.2, 0) is 5.75 Å². The molecular weight excluding hydrogens is 281 g/mol. The molecule has 0 amide bonds. The summed E-state index contributed by atoms with van der Waals surface area (Å²) in [6.07, 6.45) is 0. The molecule has 18 heavy (non-hydrogen) atoms. The average molecular weight is 289 g/mol. The van der Waals surface area contributed by atoms with E-state index in [9.17, 15) is 13.2 Å². The number of hydrogen-bond acceptors (Lipinski definition) is 1. The molecule has 2 aromatic carbocycles. The first kappa shape index (κ1) is 13.3. The summed E-state index contributed by atoms with van der Waals surface area (Å²) >= 11 is 6.97. The van der Waals surface area contributed by atoms with E-state index in [0.29, 0.717) is 11.3 Å². The van der Waals surface area contributed by atoms with Gasteiger partial charge in [0, 0.05) is 16.7 Å². The van der Waals surface area contributed by atoms with Gasteiger partial charge in [-0.25, -0.2) is 13.2 Å². The lowest BCUT2D eigenvalue weighted by Gasteiger charge is -2.04. The van der Waals surface area contributed by atoms with Crippen molar-refractivity contribution in [2.75, 3.05) is 0 Å². The fourth-order valence-corrected chi connectivity index (χ4v) is 2.54. The molecule has 2 rings (SSSR count). The van der Waals surface area contributed by atoms with E-state index in [4.69, 9.17) is 11.6 Å². The van der Waals surface area contributed by atoms with Gasteiger partial charge in [-0.05, 0) is 35.9 Å². The molecule has 0 aromatic heterocycles. The Balaban J connectivity index is 2.08. The van der Waals surface area contributed by atoms with Crippen molar-refractivity contribution in [3.8, 4) is 0 Å². The van der Waals surface area contributed by atoms with Crippen LogP contribution in [-0.4, -0.2) is 0 Å². The summed E-state index contributed by atoms with van der Waals surface area (Å²) in [5, 5.41) is 0.0328. The molecule has 0 heterocycles. The Labute approximate surface area is 112 Å². The van der Waals surface area contributed by atoms with Gasteiger partial charge in [-0.15, -0.1) is 11.8 Å². The van der Waals surface area contributed by atoms with Gasteiger partial charge in [0.1, 0.15) is 17.5 Å². The lowest BCUT2D eigenvalue weighted by atomic mass is 10.2. The van der Waals surface area contributed by atoms with Gasteiger partial charge in [0.15, 0.2) is 0 Å². The quantitative estimate of drug-likeness (QED) is 0.712. The zero-order chi connectivity index (χ0) is 13.1. The summed E-state index contributed by atoms with van der Waals surface area (Å²) in [6, 6.07) is 7.67. The normalized spacial score (nSPS) is 10.7. The molecule has 94 valence electrons. The van der Waals surface area contributed by atoms with E-state index >= 15 is 0 Å². The Morgan fingerprint density at radius 1 is 0.944 bits per heavy atom. The minimum atomic E-state index is -0.609. The van der Waals surface area contributed by atoms with Crippen LogP contribution < -0.4 is 0 Å². The predicted molar refractivity (Wildman–Crippen MR) is 67.3 cm³/mol. The third-order valence-corrected chi connectivity index (χ3v) is 3.57. The van der Waals surface area contributed by atoms with Crippen molar-refractivity contribution >= 4 is 23.4 Å². The number of thioether (sulfide) groups is 1. The van der Waals surface area contributed by atoms with Crippen LogP contribution in [0, 0.1) is 17.5 Å². The van der Waals surface area contributed by atoms with E-state index in [1.54, 1.807) is 6.07 Å². The molecule has 0 bridgehead atoms. The molecule has 0 spiro atoms. The van der Waals surface area contributed by atoms with Crippen LogP contribution in [0.2, 0.25) is 5.02 Å². The van der Waals surface area contributed by atoms with E-state index in [0.717, 1.165) is 11.0 Å². The first-order valence-corrected chi connectivity index (χ1v) is 6.44. The number of halogens is 4. The molecule has 0 saturated carbocycles. The van der Waals surface area contributed by atoms with Crippen molar-refractivity contribution in [3.05, 3.63) is 64.4 Å². The Morgan fingerprint density at radius 3 is 2.22 bits per heavy atom. The largest absolute Gasteiger partial charge is 0.207 e. The molecule has 5 heteroatoms.